The molecule has 0 spiro atoms. The zero-order valence-electron chi connectivity index (χ0n) is 37.6. The molecular weight excluding hydrogens is 771 g/mol. The van der Waals surface area contributed by atoms with Crippen molar-refractivity contribution in [3.8, 4) is 5.75 Å². The van der Waals surface area contributed by atoms with Crippen LogP contribution in [0.15, 0.2) is 29.3 Å². The molecule has 9 atom stereocenters. The largest absolute Gasteiger partial charge is 0.497 e. The van der Waals surface area contributed by atoms with Crippen molar-refractivity contribution in [2.75, 3.05) is 33.5 Å². The molecule has 2 bridgehead atoms. The standard InChI is InChI=1S/C45H71N5O8S/c1-13-28(3)38-41(55)50-22-14-15-34(50)42(56)58-36(44(5,6)7)24-27(2)23-35(51)45(8,9)43-46-31(26-59-43)18-21-37(52)47-33(25-30-16-19-32(57-12)20-17-30)40(54)48(10)29(4)39(53)49(38)11/h16-17,19-20,27-29,31,33-36,38,51H,13-15,18,21-26H2,1-12H3,(H,47,52)/t27-,28-,29-,31-,33-,34+,35-,36-,38-/m0/s1. The molecular formula is C45H71N5O8S. The number of ether oxygens (including phenoxy) is 2. The number of cyclic esters (lactones) is 1. The van der Waals surface area contributed by atoms with Gasteiger partial charge in [-0.1, -0.05) is 73.9 Å². The van der Waals surface area contributed by atoms with Gasteiger partial charge in [-0.05, 0) is 74.0 Å². The van der Waals surface area contributed by atoms with Crippen molar-refractivity contribution in [1.29, 1.82) is 0 Å². The van der Waals surface area contributed by atoms with E-state index in [9.17, 15) is 29.1 Å². The van der Waals surface area contributed by atoms with Crippen LogP contribution in [0.3, 0.4) is 0 Å². The summed E-state index contributed by atoms with van der Waals surface area (Å²) in [6.45, 7) is 18.0. The summed E-state index contributed by atoms with van der Waals surface area (Å²) < 4.78 is 11.6. The highest BCUT2D eigenvalue weighted by Crippen LogP contribution is 2.39. The van der Waals surface area contributed by atoms with Crippen molar-refractivity contribution in [3.63, 3.8) is 0 Å². The van der Waals surface area contributed by atoms with E-state index in [1.54, 1.807) is 56.9 Å². The minimum Gasteiger partial charge on any atom is -0.497 e. The van der Waals surface area contributed by atoms with Crippen LogP contribution in [0.2, 0.25) is 0 Å². The number of aliphatic imine (C=N–C) groups is 1. The second kappa shape index (κ2) is 20.3. The maximum Gasteiger partial charge on any atom is 0.329 e. The minimum absolute atomic E-state index is 0.00766. The summed E-state index contributed by atoms with van der Waals surface area (Å²) in [7, 11) is 4.70. The van der Waals surface area contributed by atoms with E-state index >= 15 is 0 Å². The first-order valence-electron chi connectivity index (χ1n) is 21.5. The highest BCUT2D eigenvalue weighted by molar-refractivity contribution is 8.14. The van der Waals surface area contributed by atoms with E-state index in [2.05, 4.69) is 12.2 Å². The summed E-state index contributed by atoms with van der Waals surface area (Å²) in [6.07, 6.45) is 2.23. The van der Waals surface area contributed by atoms with Crippen molar-refractivity contribution in [2.45, 2.75) is 156 Å². The van der Waals surface area contributed by atoms with Gasteiger partial charge in [0.25, 0.3) is 0 Å². The Hall–Kier alpha value is -3.65. The second-order valence-corrected chi connectivity index (χ2v) is 19.8. The first-order chi connectivity index (χ1) is 27.6. The third kappa shape index (κ3) is 11.8. The number of fused-ring (bicyclic) bond motifs is 2. The first kappa shape index (κ1) is 48.0. The van der Waals surface area contributed by atoms with Crippen LogP contribution in [0.25, 0.3) is 0 Å². The fraction of sp³-hybridized carbons (Fsp3) is 0.733. The monoisotopic (exact) mass is 842 g/mol. The number of likely N-dealkylation sites (N-methyl/N-ethyl adjacent to an activating group) is 2. The molecule has 330 valence electrons. The van der Waals surface area contributed by atoms with Gasteiger partial charge in [0, 0.05) is 44.6 Å². The predicted molar refractivity (Wildman–Crippen MR) is 232 cm³/mol. The van der Waals surface area contributed by atoms with Crippen molar-refractivity contribution < 1.29 is 38.6 Å². The Balaban J connectivity index is 1.71. The van der Waals surface area contributed by atoms with Gasteiger partial charge in [-0.25, -0.2) is 4.79 Å². The number of benzene rings is 1. The number of rotatable bonds is 5. The molecule has 14 heteroatoms. The Morgan fingerprint density at radius 3 is 2.27 bits per heavy atom. The van der Waals surface area contributed by atoms with E-state index in [0.717, 1.165) is 10.6 Å². The topological polar surface area (TPSA) is 158 Å². The lowest BCUT2D eigenvalue weighted by atomic mass is 9.78. The highest BCUT2D eigenvalue weighted by atomic mass is 32.2. The number of hydrogen-bond donors (Lipinski definition) is 2. The molecule has 0 aromatic heterocycles. The van der Waals surface area contributed by atoms with E-state index in [1.807, 2.05) is 60.6 Å². The van der Waals surface area contributed by atoms with E-state index in [0.29, 0.717) is 56.6 Å². The van der Waals surface area contributed by atoms with Crippen LogP contribution in [0.4, 0.5) is 0 Å². The average molecular weight is 842 g/mol. The molecule has 1 aromatic carbocycles. The number of nitrogens with one attached hydrogen (secondary N) is 1. The number of hydrogen-bond acceptors (Lipinski definition) is 10. The summed E-state index contributed by atoms with van der Waals surface area (Å²) >= 11 is 1.60. The molecule has 1 fully saturated rings. The Labute approximate surface area is 356 Å². The number of amides is 4. The summed E-state index contributed by atoms with van der Waals surface area (Å²) in [5, 5.41) is 15.5. The molecule has 4 amide bonds. The highest BCUT2D eigenvalue weighted by Gasteiger charge is 2.45. The predicted octanol–water partition coefficient (Wildman–Crippen LogP) is 5.50. The number of methoxy groups -OCH3 is 1. The van der Waals surface area contributed by atoms with E-state index in [4.69, 9.17) is 14.5 Å². The molecule has 3 heterocycles. The third-order valence-corrected chi connectivity index (χ3v) is 14.3. The zero-order valence-corrected chi connectivity index (χ0v) is 38.4. The van der Waals surface area contributed by atoms with Crippen LogP contribution >= 0.6 is 11.8 Å². The average Bonchev–Trinajstić information content (AvgIpc) is 3.89. The number of nitrogens with zero attached hydrogens (tertiary/aromatic N) is 4. The lowest BCUT2D eigenvalue weighted by Gasteiger charge is -2.39. The number of aliphatic hydroxyl groups excluding tert-OH is 1. The van der Waals surface area contributed by atoms with Gasteiger partial charge in [0.15, 0.2) is 0 Å². The molecule has 0 unspecified atom stereocenters. The van der Waals surface area contributed by atoms with Crippen LogP contribution in [0.1, 0.15) is 113 Å². The Morgan fingerprint density at radius 2 is 1.66 bits per heavy atom. The van der Waals surface area contributed by atoms with Crippen LogP contribution in [-0.4, -0.2) is 130 Å². The van der Waals surface area contributed by atoms with Gasteiger partial charge in [0.1, 0.15) is 36.0 Å². The summed E-state index contributed by atoms with van der Waals surface area (Å²) in [6, 6.07) is 3.47. The van der Waals surface area contributed by atoms with Gasteiger partial charge >= 0.3 is 5.97 Å². The van der Waals surface area contributed by atoms with Gasteiger partial charge in [-0.2, -0.15) is 0 Å². The van der Waals surface area contributed by atoms with Crippen LogP contribution < -0.4 is 10.1 Å². The molecule has 0 saturated carbocycles. The van der Waals surface area contributed by atoms with Crippen LogP contribution in [-0.2, 0) is 35.1 Å². The molecule has 3 aliphatic heterocycles. The fourth-order valence-corrected chi connectivity index (χ4v) is 9.57. The number of carbonyl (C=O) groups excluding carboxylic acids is 5. The molecule has 1 aromatic rings. The SMILES string of the molecule is CC[C@H](C)[C@H]1C(=O)N2CCC[C@@H]2C(=O)O[C@H](C(C)(C)C)C[C@@H](C)C[C@H](O)C(C)(C)C2=N[C@@H](CCC(=O)N[C@@H](Cc3ccc(OC)cc3)C(=O)N(C)[C@@H](C)C(=O)N1C)CS2. The molecule has 0 aliphatic carbocycles. The maximum absolute atomic E-state index is 14.6. The van der Waals surface area contributed by atoms with Crippen molar-refractivity contribution in [3.05, 3.63) is 29.8 Å². The summed E-state index contributed by atoms with van der Waals surface area (Å²) in [4.78, 5) is 80.3. The number of esters is 1. The summed E-state index contributed by atoms with van der Waals surface area (Å²) in [5.74, 6) is -0.903. The van der Waals surface area contributed by atoms with Crippen molar-refractivity contribution >= 4 is 46.4 Å². The Morgan fingerprint density at radius 1 is 1.00 bits per heavy atom. The number of carbonyl (C=O) groups is 5. The van der Waals surface area contributed by atoms with E-state index in [1.165, 1.54) is 9.80 Å². The fourth-order valence-electron chi connectivity index (χ4n) is 8.25. The Bertz CT molecular complexity index is 1680. The van der Waals surface area contributed by atoms with Crippen molar-refractivity contribution in [1.82, 2.24) is 20.0 Å². The second-order valence-electron chi connectivity index (χ2n) is 18.8. The molecule has 59 heavy (non-hydrogen) atoms. The lowest BCUT2D eigenvalue weighted by Crippen LogP contribution is -2.59. The molecule has 4 rings (SSSR count). The lowest BCUT2D eigenvalue weighted by molar-refractivity contribution is -0.166. The summed E-state index contributed by atoms with van der Waals surface area (Å²) in [5.41, 5.74) is -0.260. The van der Waals surface area contributed by atoms with Crippen LogP contribution in [0, 0.1) is 22.7 Å². The smallest absolute Gasteiger partial charge is 0.329 e. The van der Waals surface area contributed by atoms with Gasteiger partial charge < -0.3 is 34.6 Å². The van der Waals surface area contributed by atoms with Gasteiger partial charge in [0.2, 0.25) is 23.6 Å². The Kier molecular flexibility index (Phi) is 16.5. The molecule has 13 nitrogen and oxygen atoms in total. The minimum atomic E-state index is -0.982. The van der Waals surface area contributed by atoms with Crippen LogP contribution in [0.5, 0.6) is 5.75 Å². The van der Waals surface area contributed by atoms with Gasteiger partial charge in [0.05, 0.1) is 24.3 Å². The number of aliphatic hydroxyl groups is 1. The molecule has 3 aliphatic rings. The third-order valence-electron chi connectivity index (χ3n) is 12.8. The van der Waals surface area contributed by atoms with Crippen molar-refractivity contribution in [2.24, 2.45) is 27.7 Å². The maximum atomic E-state index is 14.6. The first-order valence-corrected chi connectivity index (χ1v) is 22.4. The van der Waals surface area contributed by atoms with Gasteiger partial charge in [-0.3, -0.25) is 24.2 Å². The molecule has 1 saturated heterocycles. The van der Waals surface area contributed by atoms with Gasteiger partial charge in [-0.15, -0.1) is 11.8 Å². The van der Waals surface area contributed by atoms with E-state index in [-0.39, 0.29) is 42.5 Å². The van der Waals surface area contributed by atoms with E-state index < -0.39 is 65.0 Å². The zero-order chi connectivity index (χ0) is 44.0. The molecule has 2 N–H and O–H groups in total. The molecule has 0 radical (unpaired) electrons. The number of thioether (sulfide) groups is 1. The quantitative estimate of drug-likeness (QED) is 0.366. The normalized spacial score (nSPS) is 30.5.